The first-order valence-corrected chi connectivity index (χ1v) is 6.23. The number of alkyl halides is 5. The van der Waals surface area contributed by atoms with Crippen LogP contribution >= 0.6 is 15.9 Å². The van der Waals surface area contributed by atoms with Gasteiger partial charge in [0, 0.05) is 4.47 Å². The lowest BCUT2D eigenvalue weighted by molar-refractivity contribution is -0.274. The molecule has 4 nitrogen and oxygen atoms in total. The molecule has 0 aliphatic carbocycles. The van der Waals surface area contributed by atoms with E-state index in [9.17, 15) is 26.7 Å². The van der Waals surface area contributed by atoms with Gasteiger partial charge in [-0.05, 0) is 23.8 Å². The van der Waals surface area contributed by atoms with Crippen molar-refractivity contribution in [2.45, 2.75) is 18.3 Å². The van der Waals surface area contributed by atoms with Crippen molar-refractivity contribution in [3.63, 3.8) is 0 Å². The van der Waals surface area contributed by atoms with Gasteiger partial charge in [-0.2, -0.15) is 0 Å². The minimum atomic E-state index is -4.96. The summed E-state index contributed by atoms with van der Waals surface area (Å²) in [6, 6.07) is 1.10. The minimum absolute atomic E-state index is 0.0933. The maximum absolute atomic E-state index is 13.7. The van der Waals surface area contributed by atoms with Crippen LogP contribution in [-0.4, -0.2) is 25.0 Å². The van der Waals surface area contributed by atoms with E-state index in [0.717, 1.165) is 18.2 Å². The number of ether oxygens (including phenoxy) is 2. The van der Waals surface area contributed by atoms with Crippen LogP contribution in [-0.2, 0) is 4.74 Å². The Hall–Kier alpha value is -1.58. The van der Waals surface area contributed by atoms with Gasteiger partial charge in [-0.1, -0.05) is 15.9 Å². The summed E-state index contributed by atoms with van der Waals surface area (Å²) in [5.74, 6) is -4.15. The molecule has 0 unspecified atom stereocenters. The van der Waals surface area contributed by atoms with E-state index in [1.807, 2.05) is 5.32 Å². The van der Waals surface area contributed by atoms with Crippen LogP contribution < -0.4 is 10.1 Å². The average molecular weight is 376 g/mol. The number of carbonyl (C=O) groups is 1. The molecule has 1 aromatic carbocycles. The maximum atomic E-state index is 13.7. The molecule has 2 rings (SSSR count). The number of rotatable bonds is 2. The van der Waals surface area contributed by atoms with Crippen LogP contribution in [0.25, 0.3) is 0 Å². The molecule has 1 amide bonds. The molecule has 1 N–H and O–H groups in total. The number of nitrogens with one attached hydrogen (secondary N) is 1. The number of halogens is 6. The third-order valence-electron chi connectivity index (χ3n) is 2.54. The second-order valence-electron chi connectivity index (χ2n) is 4.18. The van der Waals surface area contributed by atoms with Crippen LogP contribution in [0.2, 0.25) is 0 Å². The summed E-state index contributed by atoms with van der Waals surface area (Å²) in [5.41, 5.74) is -0.245. The Morgan fingerprint density at radius 1 is 1.33 bits per heavy atom. The molecule has 0 saturated carbocycles. The number of benzene rings is 1. The fraction of sp³-hybridized carbons (Fsp3) is 0.364. The van der Waals surface area contributed by atoms with Gasteiger partial charge in [-0.15, -0.1) is 13.2 Å². The van der Waals surface area contributed by atoms with Gasteiger partial charge in [0.15, 0.2) is 6.61 Å². The van der Waals surface area contributed by atoms with Gasteiger partial charge >= 0.3 is 18.4 Å². The predicted octanol–water partition coefficient (Wildman–Crippen LogP) is 3.76. The Kier molecular flexibility index (Phi) is 4.00. The molecule has 1 atom stereocenters. The number of carbonyl (C=O) groups excluding carboxylic acids is 1. The highest BCUT2D eigenvalue weighted by molar-refractivity contribution is 9.10. The number of amides is 1. The zero-order valence-electron chi connectivity index (χ0n) is 10.0. The van der Waals surface area contributed by atoms with E-state index in [4.69, 9.17) is 0 Å². The number of cyclic esters (lactones) is 1. The fourth-order valence-corrected chi connectivity index (χ4v) is 2.27. The monoisotopic (exact) mass is 375 g/mol. The topological polar surface area (TPSA) is 47.6 Å². The summed E-state index contributed by atoms with van der Waals surface area (Å²) in [6.07, 6.45) is -6.04. The molecule has 0 aromatic heterocycles. The summed E-state index contributed by atoms with van der Waals surface area (Å²) < 4.78 is 71.9. The molecule has 0 spiro atoms. The first kappa shape index (κ1) is 15.8. The summed E-state index contributed by atoms with van der Waals surface area (Å²) >= 11 is 2.90. The highest BCUT2D eigenvalue weighted by atomic mass is 79.9. The largest absolute Gasteiger partial charge is 0.573 e. The quantitative estimate of drug-likeness (QED) is 0.800. The molecule has 116 valence electrons. The van der Waals surface area contributed by atoms with E-state index >= 15 is 0 Å². The second kappa shape index (κ2) is 5.32. The fourth-order valence-electron chi connectivity index (χ4n) is 1.78. The Bertz CT molecular complexity index is 563. The highest BCUT2D eigenvalue weighted by Crippen LogP contribution is 2.37. The summed E-state index contributed by atoms with van der Waals surface area (Å²) in [4.78, 5) is 11.0. The lowest BCUT2D eigenvalue weighted by atomic mass is 10.00. The highest BCUT2D eigenvalue weighted by Gasteiger charge is 2.47. The normalized spacial score (nSPS) is 21.4. The summed E-state index contributed by atoms with van der Waals surface area (Å²) in [7, 11) is 0. The van der Waals surface area contributed by atoms with Crippen LogP contribution in [0.5, 0.6) is 5.75 Å². The van der Waals surface area contributed by atoms with E-state index in [-0.39, 0.29) is 10.0 Å². The van der Waals surface area contributed by atoms with Crippen molar-refractivity contribution in [3.05, 3.63) is 28.2 Å². The summed E-state index contributed by atoms with van der Waals surface area (Å²) in [6.45, 7) is -1.16. The predicted molar refractivity (Wildman–Crippen MR) is 63.0 cm³/mol. The van der Waals surface area contributed by atoms with Gasteiger partial charge < -0.3 is 14.8 Å². The Morgan fingerprint density at radius 3 is 2.62 bits per heavy atom. The minimum Gasteiger partial charge on any atom is -0.443 e. The van der Waals surface area contributed by atoms with Gasteiger partial charge in [-0.3, -0.25) is 0 Å². The van der Waals surface area contributed by atoms with Crippen LogP contribution in [0.15, 0.2) is 22.7 Å². The van der Waals surface area contributed by atoms with Crippen LogP contribution in [0.1, 0.15) is 11.6 Å². The van der Waals surface area contributed by atoms with Crippen LogP contribution in [0, 0.1) is 0 Å². The van der Waals surface area contributed by atoms with Crippen molar-refractivity contribution in [1.29, 1.82) is 0 Å². The van der Waals surface area contributed by atoms with Gasteiger partial charge in [-0.25, -0.2) is 13.6 Å². The average Bonchev–Trinajstić information content (AvgIpc) is 2.29. The molecular formula is C11H7BrF5NO3. The molecule has 1 heterocycles. The van der Waals surface area contributed by atoms with Gasteiger partial charge in [0.25, 0.3) is 0 Å². The van der Waals surface area contributed by atoms with Crippen molar-refractivity contribution in [3.8, 4) is 5.75 Å². The second-order valence-corrected chi connectivity index (χ2v) is 5.10. The Morgan fingerprint density at radius 2 is 2.00 bits per heavy atom. The van der Waals surface area contributed by atoms with E-state index in [2.05, 4.69) is 25.4 Å². The number of hydrogen-bond acceptors (Lipinski definition) is 3. The Balaban J connectivity index is 2.36. The molecule has 10 heteroatoms. The third-order valence-corrected chi connectivity index (χ3v) is 3.00. The smallest absolute Gasteiger partial charge is 0.443 e. The Labute approximate surface area is 123 Å². The standard InChI is InChI=1S/C11H7BrF5NO3/c12-6-1-5(2-7(3-6)21-11(15,16)17)8-10(13,14)4-20-9(19)18-8/h1-3,8H,4H2,(H,18,19)/t8-/m0/s1. The number of alkyl carbamates (subject to hydrolysis) is 1. The van der Waals surface area contributed by atoms with Gasteiger partial charge in [0.05, 0.1) is 0 Å². The molecule has 1 aromatic rings. The zero-order chi connectivity index (χ0) is 15.8. The van der Waals surface area contributed by atoms with E-state index in [1.165, 1.54) is 0 Å². The van der Waals surface area contributed by atoms with Crippen LogP contribution in [0.4, 0.5) is 26.7 Å². The molecule has 1 aliphatic rings. The molecular weight excluding hydrogens is 369 g/mol. The first-order chi connectivity index (χ1) is 9.57. The first-order valence-electron chi connectivity index (χ1n) is 5.44. The van der Waals surface area contributed by atoms with Gasteiger partial charge in [0.2, 0.25) is 0 Å². The van der Waals surface area contributed by atoms with Crippen molar-refractivity contribution in [1.82, 2.24) is 5.32 Å². The van der Waals surface area contributed by atoms with Crippen molar-refractivity contribution < 1.29 is 36.2 Å². The molecule has 1 aliphatic heterocycles. The third kappa shape index (κ3) is 3.96. The molecule has 1 saturated heterocycles. The molecule has 1 fully saturated rings. The van der Waals surface area contributed by atoms with E-state index in [1.54, 1.807) is 0 Å². The van der Waals surface area contributed by atoms with E-state index < -0.39 is 36.8 Å². The zero-order valence-corrected chi connectivity index (χ0v) is 11.6. The molecule has 21 heavy (non-hydrogen) atoms. The lowest BCUT2D eigenvalue weighted by Gasteiger charge is -2.32. The van der Waals surface area contributed by atoms with Gasteiger partial charge in [0.1, 0.15) is 11.8 Å². The summed E-state index contributed by atoms with van der Waals surface area (Å²) in [5, 5.41) is 1.87. The maximum Gasteiger partial charge on any atom is 0.573 e. The SMILES string of the molecule is O=C1N[C@@H](c2cc(Br)cc(OC(F)(F)F)c2)C(F)(F)CO1. The van der Waals surface area contributed by atoms with Crippen molar-refractivity contribution >= 4 is 22.0 Å². The van der Waals surface area contributed by atoms with E-state index in [0.29, 0.717) is 0 Å². The lowest BCUT2D eigenvalue weighted by Crippen LogP contribution is -2.49. The molecule has 0 radical (unpaired) electrons. The van der Waals surface area contributed by atoms with Crippen LogP contribution in [0.3, 0.4) is 0 Å². The van der Waals surface area contributed by atoms with Crippen molar-refractivity contribution in [2.75, 3.05) is 6.61 Å². The number of hydrogen-bond donors (Lipinski definition) is 1. The van der Waals surface area contributed by atoms with Crippen molar-refractivity contribution in [2.24, 2.45) is 0 Å². The molecule has 0 bridgehead atoms.